The number of hydrogen-bond acceptors (Lipinski definition) is 3. The van der Waals surface area contributed by atoms with Gasteiger partial charge in [-0.3, -0.25) is 5.84 Å². The topological polar surface area (TPSA) is 49.5 Å². The molecule has 0 unspecified atom stereocenters. The van der Waals surface area contributed by atoms with Gasteiger partial charge in [-0.25, -0.2) is 5.01 Å². The first kappa shape index (κ1) is 9.96. The van der Waals surface area contributed by atoms with Crippen molar-refractivity contribution < 1.29 is 5.11 Å². The predicted octanol–water partition coefficient (Wildman–Crippen LogP) is 0.589. The van der Waals surface area contributed by atoms with Gasteiger partial charge in [-0.1, -0.05) is 13.8 Å². The van der Waals surface area contributed by atoms with Crippen molar-refractivity contribution in [1.82, 2.24) is 5.01 Å². The zero-order valence-electron chi connectivity index (χ0n) is 8.03. The molecule has 0 saturated carbocycles. The van der Waals surface area contributed by atoms with Crippen molar-refractivity contribution in [3.05, 3.63) is 0 Å². The van der Waals surface area contributed by atoms with Crippen LogP contribution in [0.15, 0.2) is 0 Å². The fourth-order valence-electron chi connectivity index (χ4n) is 1.89. The standard InChI is InChI=1S/C9H20N2O/c1-7(2)5-8-6-11(10)4-3-9(8)12/h7-9,12H,3-6,10H2,1-2H3/t8-,9-/m0/s1. The van der Waals surface area contributed by atoms with E-state index < -0.39 is 0 Å². The molecule has 0 bridgehead atoms. The summed E-state index contributed by atoms with van der Waals surface area (Å²) in [4.78, 5) is 0. The Morgan fingerprint density at radius 2 is 2.25 bits per heavy atom. The van der Waals surface area contributed by atoms with Crippen LogP contribution in [-0.2, 0) is 0 Å². The monoisotopic (exact) mass is 172 g/mol. The lowest BCUT2D eigenvalue weighted by molar-refractivity contribution is 0.0174. The Morgan fingerprint density at radius 1 is 1.58 bits per heavy atom. The predicted molar refractivity (Wildman–Crippen MR) is 49.3 cm³/mol. The highest BCUT2D eigenvalue weighted by Gasteiger charge is 2.26. The van der Waals surface area contributed by atoms with Gasteiger partial charge in [0, 0.05) is 13.1 Å². The Bertz CT molecular complexity index is 136. The molecule has 0 aromatic heterocycles. The fourth-order valence-corrected chi connectivity index (χ4v) is 1.89. The second kappa shape index (κ2) is 4.21. The van der Waals surface area contributed by atoms with E-state index in [4.69, 9.17) is 5.84 Å². The first-order valence-electron chi connectivity index (χ1n) is 4.77. The van der Waals surface area contributed by atoms with Gasteiger partial charge in [-0.2, -0.15) is 0 Å². The molecule has 0 aromatic carbocycles. The summed E-state index contributed by atoms with van der Waals surface area (Å²) in [6.45, 7) is 6.04. The molecule has 3 nitrogen and oxygen atoms in total. The number of aliphatic hydroxyl groups excluding tert-OH is 1. The molecule has 2 atom stereocenters. The van der Waals surface area contributed by atoms with Crippen LogP contribution >= 0.6 is 0 Å². The van der Waals surface area contributed by atoms with Crippen LogP contribution in [0.3, 0.4) is 0 Å². The zero-order valence-corrected chi connectivity index (χ0v) is 8.03. The Balaban J connectivity index is 2.38. The molecule has 3 N–H and O–H groups in total. The summed E-state index contributed by atoms with van der Waals surface area (Å²) >= 11 is 0. The molecular weight excluding hydrogens is 152 g/mol. The highest BCUT2D eigenvalue weighted by atomic mass is 16.3. The SMILES string of the molecule is CC(C)C[C@H]1CN(N)CC[C@@H]1O. The van der Waals surface area contributed by atoms with Crippen LogP contribution in [0.5, 0.6) is 0 Å². The number of aliphatic hydroxyl groups is 1. The number of nitrogens with zero attached hydrogens (tertiary/aromatic N) is 1. The van der Waals surface area contributed by atoms with Gasteiger partial charge >= 0.3 is 0 Å². The quantitative estimate of drug-likeness (QED) is 0.599. The van der Waals surface area contributed by atoms with E-state index in [0.717, 1.165) is 25.9 Å². The summed E-state index contributed by atoms with van der Waals surface area (Å²) in [6.07, 6.45) is 1.77. The molecule has 0 aliphatic carbocycles. The minimum atomic E-state index is -0.132. The average Bonchev–Trinajstić information content (AvgIpc) is 1.96. The van der Waals surface area contributed by atoms with Gasteiger partial charge in [0.2, 0.25) is 0 Å². The van der Waals surface area contributed by atoms with Crippen LogP contribution in [-0.4, -0.2) is 29.3 Å². The smallest absolute Gasteiger partial charge is 0.0594 e. The maximum Gasteiger partial charge on any atom is 0.0594 e. The molecule has 1 fully saturated rings. The maximum absolute atomic E-state index is 9.65. The van der Waals surface area contributed by atoms with Gasteiger partial charge in [0.15, 0.2) is 0 Å². The van der Waals surface area contributed by atoms with Crippen molar-refractivity contribution in [3.63, 3.8) is 0 Å². The Labute approximate surface area is 74.5 Å². The first-order valence-corrected chi connectivity index (χ1v) is 4.77. The van der Waals surface area contributed by atoms with E-state index in [1.807, 2.05) is 5.01 Å². The van der Waals surface area contributed by atoms with Gasteiger partial charge in [-0.15, -0.1) is 0 Å². The summed E-state index contributed by atoms with van der Waals surface area (Å²) in [5.74, 6) is 6.71. The molecule has 1 saturated heterocycles. The van der Waals surface area contributed by atoms with Crippen LogP contribution in [0.25, 0.3) is 0 Å². The van der Waals surface area contributed by atoms with Crippen molar-refractivity contribution in [3.8, 4) is 0 Å². The highest BCUT2D eigenvalue weighted by molar-refractivity contribution is 4.78. The minimum Gasteiger partial charge on any atom is -0.393 e. The van der Waals surface area contributed by atoms with Crippen molar-refractivity contribution in [1.29, 1.82) is 0 Å². The van der Waals surface area contributed by atoms with Gasteiger partial charge < -0.3 is 5.11 Å². The summed E-state index contributed by atoms with van der Waals surface area (Å²) in [7, 11) is 0. The van der Waals surface area contributed by atoms with E-state index in [0.29, 0.717) is 11.8 Å². The second-order valence-corrected chi connectivity index (χ2v) is 4.24. The number of hydrazine groups is 1. The number of nitrogens with two attached hydrogens (primary N) is 1. The van der Waals surface area contributed by atoms with E-state index in [1.54, 1.807) is 0 Å². The fraction of sp³-hybridized carbons (Fsp3) is 1.00. The van der Waals surface area contributed by atoms with E-state index in [2.05, 4.69) is 13.8 Å². The lowest BCUT2D eigenvalue weighted by atomic mass is 9.88. The zero-order chi connectivity index (χ0) is 9.14. The Hall–Kier alpha value is -0.120. The van der Waals surface area contributed by atoms with E-state index >= 15 is 0 Å². The van der Waals surface area contributed by atoms with Crippen LogP contribution in [0.4, 0.5) is 0 Å². The molecule has 0 radical (unpaired) electrons. The van der Waals surface area contributed by atoms with Crippen LogP contribution in [0, 0.1) is 11.8 Å². The second-order valence-electron chi connectivity index (χ2n) is 4.24. The van der Waals surface area contributed by atoms with Crippen molar-refractivity contribution in [2.75, 3.05) is 13.1 Å². The molecule has 0 amide bonds. The maximum atomic E-state index is 9.65. The molecule has 0 aromatic rings. The van der Waals surface area contributed by atoms with Crippen molar-refractivity contribution >= 4 is 0 Å². The third-order valence-electron chi connectivity index (χ3n) is 2.50. The number of hydrogen-bond donors (Lipinski definition) is 2. The molecule has 1 aliphatic rings. The highest BCUT2D eigenvalue weighted by Crippen LogP contribution is 2.21. The third-order valence-corrected chi connectivity index (χ3v) is 2.50. The third kappa shape index (κ3) is 2.73. The Morgan fingerprint density at radius 3 is 2.83 bits per heavy atom. The molecule has 1 rings (SSSR count). The summed E-state index contributed by atoms with van der Waals surface area (Å²) in [5, 5.41) is 11.5. The van der Waals surface area contributed by atoms with Gasteiger partial charge in [0.05, 0.1) is 6.10 Å². The lowest BCUT2D eigenvalue weighted by Crippen LogP contribution is -2.46. The van der Waals surface area contributed by atoms with Gasteiger partial charge in [-0.05, 0) is 24.7 Å². The first-order chi connectivity index (χ1) is 5.59. The number of rotatable bonds is 2. The normalized spacial score (nSPS) is 32.8. The lowest BCUT2D eigenvalue weighted by Gasteiger charge is -2.34. The van der Waals surface area contributed by atoms with Gasteiger partial charge in [0.25, 0.3) is 0 Å². The summed E-state index contributed by atoms with van der Waals surface area (Å²) < 4.78 is 0. The van der Waals surface area contributed by atoms with E-state index in [-0.39, 0.29) is 6.10 Å². The van der Waals surface area contributed by atoms with Crippen LogP contribution in [0.2, 0.25) is 0 Å². The molecule has 1 heterocycles. The number of piperidine rings is 1. The van der Waals surface area contributed by atoms with E-state index in [9.17, 15) is 5.11 Å². The average molecular weight is 172 g/mol. The van der Waals surface area contributed by atoms with E-state index in [1.165, 1.54) is 0 Å². The molecule has 12 heavy (non-hydrogen) atoms. The summed E-state index contributed by atoms with van der Waals surface area (Å²) in [5.41, 5.74) is 0. The minimum absolute atomic E-state index is 0.132. The molecule has 0 spiro atoms. The summed E-state index contributed by atoms with van der Waals surface area (Å²) in [6, 6.07) is 0. The van der Waals surface area contributed by atoms with Gasteiger partial charge in [0.1, 0.15) is 0 Å². The van der Waals surface area contributed by atoms with Crippen molar-refractivity contribution in [2.45, 2.75) is 32.8 Å². The Kier molecular flexibility index (Phi) is 3.50. The molecule has 3 heteroatoms. The van der Waals surface area contributed by atoms with Crippen LogP contribution < -0.4 is 5.84 Å². The molecule has 72 valence electrons. The van der Waals surface area contributed by atoms with Crippen molar-refractivity contribution in [2.24, 2.45) is 17.7 Å². The molecule has 1 aliphatic heterocycles. The largest absolute Gasteiger partial charge is 0.393 e. The van der Waals surface area contributed by atoms with Crippen LogP contribution in [0.1, 0.15) is 26.7 Å². The molecular formula is C9H20N2O.